The zero-order valence-electron chi connectivity index (χ0n) is 18.6. The van der Waals surface area contributed by atoms with Crippen LogP contribution in [0.4, 0.5) is 4.79 Å². The van der Waals surface area contributed by atoms with Gasteiger partial charge in [-0.1, -0.05) is 12.1 Å². The zero-order chi connectivity index (χ0) is 23.1. The Morgan fingerprint density at radius 2 is 1.84 bits per heavy atom. The number of pyridine rings is 1. The molecule has 8 nitrogen and oxygen atoms in total. The number of sulfonamides is 1. The van der Waals surface area contributed by atoms with Crippen molar-refractivity contribution in [1.82, 2.24) is 9.88 Å². The number of nitrogens with zero attached hydrogens (tertiary/aromatic N) is 2. The van der Waals surface area contributed by atoms with Gasteiger partial charge in [0.1, 0.15) is 17.5 Å². The van der Waals surface area contributed by atoms with Gasteiger partial charge in [0, 0.05) is 30.6 Å². The molecule has 0 spiro atoms. The van der Waals surface area contributed by atoms with E-state index in [1.54, 1.807) is 23.2 Å². The van der Waals surface area contributed by atoms with E-state index in [1.165, 1.54) is 12.1 Å². The molecular formula is C23H29N3O5S. The lowest BCUT2D eigenvalue weighted by Crippen LogP contribution is -2.44. The predicted molar refractivity (Wildman–Crippen MR) is 120 cm³/mol. The highest BCUT2D eigenvalue weighted by atomic mass is 32.2. The van der Waals surface area contributed by atoms with Crippen LogP contribution < -0.4 is 9.88 Å². The summed E-state index contributed by atoms with van der Waals surface area (Å²) in [6.45, 7) is 6.94. The number of amides is 1. The quantitative estimate of drug-likeness (QED) is 0.753. The normalized spacial score (nSPS) is 19.4. The maximum atomic E-state index is 12.3. The van der Waals surface area contributed by atoms with Gasteiger partial charge in [0.2, 0.25) is 10.0 Å². The van der Waals surface area contributed by atoms with Gasteiger partial charge in [-0.25, -0.2) is 18.4 Å². The standard InChI is InChI=1S/C23H29N3O5S/c1-23(2,3)31-22(27)26-10-8-16(9-11-26)20-13-17-12-19(25-14-21(17)30-20)15-4-6-18(7-5-15)32(24,28)29/h4-7,12,14,16,20H,8-11,13H2,1-3H3,(H2,24,28,29). The summed E-state index contributed by atoms with van der Waals surface area (Å²) in [5, 5.41) is 5.17. The number of nitrogens with two attached hydrogens (primary N) is 1. The van der Waals surface area contributed by atoms with Gasteiger partial charge in [0.25, 0.3) is 0 Å². The fraction of sp³-hybridized carbons (Fsp3) is 0.478. The highest BCUT2D eigenvalue weighted by molar-refractivity contribution is 7.89. The van der Waals surface area contributed by atoms with Gasteiger partial charge in [0.15, 0.2) is 0 Å². The minimum atomic E-state index is -3.72. The van der Waals surface area contributed by atoms with Crippen LogP contribution in [0.5, 0.6) is 5.75 Å². The van der Waals surface area contributed by atoms with Crippen molar-refractivity contribution in [2.45, 2.75) is 56.6 Å². The number of benzene rings is 1. The summed E-state index contributed by atoms with van der Waals surface area (Å²) in [7, 11) is -3.72. The molecule has 1 atom stereocenters. The van der Waals surface area contributed by atoms with E-state index in [0.717, 1.165) is 41.8 Å². The second-order valence-electron chi connectivity index (χ2n) is 9.41. The van der Waals surface area contributed by atoms with Gasteiger partial charge in [0.05, 0.1) is 16.8 Å². The van der Waals surface area contributed by atoms with Crippen LogP contribution >= 0.6 is 0 Å². The Balaban J connectivity index is 1.38. The van der Waals surface area contributed by atoms with Crippen LogP contribution in [0.1, 0.15) is 39.2 Å². The van der Waals surface area contributed by atoms with Crippen LogP contribution in [0, 0.1) is 5.92 Å². The SMILES string of the molecule is CC(C)(C)OC(=O)N1CCC(C2Cc3cc(-c4ccc(S(N)(=O)=O)cc4)ncc3O2)CC1. The van der Waals surface area contributed by atoms with E-state index in [-0.39, 0.29) is 17.1 Å². The summed E-state index contributed by atoms with van der Waals surface area (Å²) in [4.78, 5) is 18.6. The molecule has 2 aliphatic heterocycles. The van der Waals surface area contributed by atoms with E-state index in [2.05, 4.69) is 4.98 Å². The van der Waals surface area contributed by atoms with Crippen LogP contribution in [-0.2, 0) is 21.2 Å². The molecule has 1 unspecified atom stereocenters. The summed E-state index contributed by atoms with van der Waals surface area (Å²) in [6.07, 6.45) is 4.06. The number of carbonyl (C=O) groups excluding carboxylic acids is 1. The third kappa shape index (κ3) is 5.05. The number of likely N-dealkylation sites (tertiary alicyclic amines) is 1. The van der Waals surface area contributed by atoms with Gasteiger partial charge in [-0.2, -0.15) is 0 Å². The van der Waals surface area contributed by atoms with E-state index in [0.29, 0.717) is 19.0 Å². The molecule has 32 heavy (non-hydrogen) atoms. The highest BCUT2D eigenvalue weighted by Gasteiger charge is 2.35. The van der Waals surface area contributed by atoms with Gasteiger partial charge in [-0.05, 0) is 57.7 Å². The molecule has 0 radical (unpaired) electrons. The van der Waals surface area contributed by atoms with Crippen molar-refractivity contribution in [3.63, 3.8) is 0 Å². The zero-order valence-corrected chi connectivity index (χ0v) is 19.4. The summed E-state index contributed by atoms with van der Waals surface area (Å²) < 4.78 is 34.6. The molecule has 1 saturated heterocycles. The lowest BCUT2D eigenvalue weighted by molar-refractivity contribution is 0.0123. The lowest BCUT2D eigenvalue weighted by atomic mass is 9.89. The lowest BCUT2D eigenvalue weighted by Gasteiger charge is -2.35. The Morgan fingerprint density at radius 1 is 1.19 bits per heavy atom. The molecule has 172 valence electrons. The average Bonchev–Trinajstić information content (AvgIpc) is 3.15. The van der Waals surface area contributed by atoms with Crippen LogP contribution in [-0.4, -0.2) is 49.2 Å². The van der Waals surface area contributed by atoms with E-state index >= 15 is 0 Å². The first-order valence-electron chi connectivity index (χ1n) is 10.8. The maximum absolute atomic E-state index is 12.3. The van der Waals surface area contributed by atoms with Crippen molar-refractivity contribution in [2.24, 2.45) is 11.1 Å². The third-order valence-electron chi connectivity index (χ3n) is 5.84. The number of hydrogen-bond acceptors (Lipinski definition) is 6. The molecule has 1 amide bonds. The second-order valence-corrected chi connectivity index (χ2v) is 11.0. The van der Waals surface area contributed by atoms with Gasteiger partial charge in [-0.15, -0.1) is 0 Å². The molecule has 1 aromatic carbocycles. The third-order valence-corrected chi connectivity index (χ3v) is 6.77. The van der Waals surface area contributed by atoms with E-state index in [1.807, 2.05) is 26.8 Å². The Bertz CT molecular complexity index is 1100. The average molecular weight is 460 g/mol. The Morgan fingerprint density at radius 3 is 2.44 bits per heavy atom. The molecule has 0 aliphatic carbocycles. The van der Waals surface area contributed by atoms with Gasteiger partial charge in [-0.3, -0.25) is 4.98 Å². The number of carbonyl (C=O) groups is 1. The van der Waals surface area contributed by atoms with Crippen LogP contribution in [0.2, 0.25) is 0 Å². The first kappa shape index (κ1) is 22.5. The molecule has 2 aliphatic rings. The number of ether oxygens (including phenoxy) is 2. The monoisotopic (exact) mass is 459 g/mol. The minimum absolute atomic E-state index is 0.0626. The summed E-state index contributed by atoms with van der Waals surface area (Å²) in [5.41, 5.74) is 2.17. The molecule has 9 heteroatoms. The molecule has 1 fully saturated rings. The van der Waals surface area contributed by atoms with Crippen molar-refractivity contribution < 1.29 is 22.7 Å². The molecule has 3 heterocycles. The number of aromatic nitrogens is 1. The van der Waals surface area contributed by atoms with Crippen molar-refractivity contribution >= 4 is 16.1 Å². The molecule has 4 rings (SSSR count). The van der Waals surface area contributed by atoms with Crippen molar-refractivity contribution in [3.05, 3.63) is 42.1 Å². The van der Waals surface area contributed by atoms with Gasteiger partial charge < -0.3 is 14.4 Å². The minimum Gasteiger partial charge on any atom is -0.488 e. The predicted octanol–water partition coefficient (Wildman–Crippen LogP) is 3.35. The number of fused-ring (bicyclic) bond motifs is 1. The fourth-order valence-corrected chi connectivity index (χ4v) is 4.70. The smallest absolute Gasteiger partial charge is 0.410 e. The molecule has 0 bridgehead atoms. The largest absolute Gasteiger partial charge is 0.488 e. The molecular weight excluding hydrogens is 430 g/mol. The first-order valence-corrected chi connectivity index (χ1v) is 12.3. The second kappa shape index (κ2) is 8.37. The summed E-state index contributed by atoms with van der Waals surface area (Å²) in [6, 6.07) is 8.37. The number of piperidine rings is 1. The number of rotatable bonds is 3. The molecule has 2 aromatic rings. The molecule has 1 aromatic heterocycles. The number of hydrogen-bond donors (Lipinski definition) is 1. The Hall–Kier alpha value is -2.65. The van der Waals surface area contributed by atoms with Crippen LogP contribution in [0.15, 0.2) is 41.4 Å². The van der Waals surface area contributed by atoms with E-state index < -0.39 is 15.6 Å². The van der Waals surface area contributed by atoms with Crippen LogP contribution in [0.3, 0.4) is 0 Å². The van der Waals surface area contributed by atoms with Crippen molar-refractivity contribution in [2.75, 3.05) is 13.1 Å². The molecule has 0 saturated carbocycles. The summed E-state index contributed by atoms with van der Waals surface area (Å²) in [5.74, 6) is 1.15. The number of primary sulfonamides is 1. The van der Waals surface area contributed by atoms with Crippen molar-refractivity contribution in [3.8, 4) is 17.0 Å². The highest BCUT2D eigenvalue weighted by Crippen LogP contribution is 2.36. The Labute approximate surface area is 188 Å². The fourth-order valence-electron chi connectivity index (χ4n) is 4.19. The van der Waals surface area contributed by atoms with E-state index in [4.69, 9.17) is 14.6 Å². The Kier molecular flexibility index (Phi) is 5.89. The van der Waals surface area contributed by atoms with E-state index in [9.17, 15) is 13.2 Å². The molecule has 2 N–H and O–H groups in total. The van der Waals surface area contributed by atoms with Crippen molar-refractivity contribution in [1.29, 1.82) is 0 Å². The van der Waals surface area contributed by atoms with Crippen LogP contribution in [0.25, 0.3) is 11.3 Å². The topological polar surface area (TPSA) is 112 Å². The van der Waals surface area contributed by atoms with Gasteiger partial charge >= 0.3 is 6.09 Å². The first-order chi connectivity index (χ1) is 15.0. The summed E-state index contributed by atoms with van der Waals surface area (Å²) >= 11 is 0. The maximum Gasteiger partial charge on any atom is 0.410 e.